The number of fused-ring (bicyclic) bond motifs is 2. The van der Waals surface area contributed by atoms with Gasteiger partial charge in [0.15, 0.2) is 11.4 Å². The van der Waals surface area contributed by atoms with Gasteiger partial charge in [-0.25, -0.2) is 39.9 Å². The number of aromatic nitrogens is 1. The zero-order valence-corrected chi connectivity index (χ0v) is 19.7. The van der Waals surface area contributed by atoms with Gasteiger partial charge in [-0.1, -0.05) is 11.2 Å². The van der Waals surface area contributed by atoms with Crippen LogP contribution in [0.1, 0.15) is 19.3 Å². The van der Waals surface area contributed by atoms with Crippen LogP contribution in [0.5, 0.6) is 0 Å². The molecule has 196 valence electrons. The SMILES string of the molecule is O=C1N(c2noc3cc(F)cc(-c4c(F)cccc4F)c23)CC[C@H]2N1C[C@@H](NS(=O)(=O)C1CC1)C2(F)F. The number of hydrogen-bond donors (Lipinski definition) is 1. The smallest absolute Gasteiger partial charge is 0.326 e. The number of amides is 2. The molecule has 0 spiro atoms. The molecule has 8 nitrogen and oxygen atoms in total. The van der Waals surface area contributed by atoms with Gasteiger partial charge in [-0.3, -0.25) is 4.90 Å². The Hall–Kier alpha value is -3.26. The summed E-state index contributed by atoms with van der Waals surface area (Å²) in [4.78, 5) is 15.2. The van der Waals surface area contributed by atoms with Crippen LogP contribution in [-0.4, -0.2) is 60.9 Å². The molecule has 2 aliphatic heterocycles. The number of anilines is 1. The summed E-state index contributed by atoms with van der Waals surface area (Å²) in [7, 11) is -3.95. The van der Waals surface area contributed by atoms with E-state index in [1.54, 1.807) is 0 Å². The molecule has 6 rings (SSSR count). The number of nitrogens with one attached hydrogen (secondary N) is 1. The van der Waals surface area contributed by atoms with Crippen LogP contribution in [0.15, 0.2) is 34.9 Å². The molecule has 3 heterocycles. The van der Waals surface area contributed by atoms with E-state index in [0.717, 1.165) is 40.1 Å². The Labute approximate surface area is 207 Å². The third kappa shape index (κ3) is 3.76. The molecule has 2 aromatic carbocycles. The number of carbonyl (C=O) groups is 1. The van der Waals surface area contributed by atoms with Gasteiger partial charge in [-0.2, -0.15) is 0 Å². The van der Waals surface area contributed by atoms with Gasteiger partial charge in [0.1, 0.15) is 29.5 Å². The van der Waals surface area contributed by atoms with E-state index in [-0.39, 0.29) is 35.3 Å². The van der Waals surface area contributed by atoms with Crippen LogP contribution in [0.25, 0.3) is 22.1 Å². The molecule has 1 aliphatic carbocycles. The molecule has 1 aromatic heterocycles. The minimum absolute atomic E-state index is 0.0749. The normalized spacial score (nSPS) is 23.6. The highest BCUT2D eigenvalue weighted by Crippen LogP contribution is 2.44. The van der Waals surface area contributed by atoms with E-state index in [0.29, 0.717) is 12.8 Å². The Morgan fingerprint density at radius 2 is 1.78 bits per heavy atom. The molecule has 3 aromatic rings. The molecule has 3 aliphatic rings. The standard InChI is InChI=1S/C23H19F5N4O4S/c24-11-8-13(19-14(25)2-1-3-15(19)26)20-16(9-11)36-29-21(20)31-7-6-18-23(27,28)17(10-32(18)22(31)33)30-37(34,35)12-4-5-12/h1-3,8-9,12,17-18,30H,4-7,10H2/t17-,18-/m1/s1. The molecule has 2 atom stereocenters. The molecule has 1 N–H and O–H groups in total. The number of halogens is 5. The van der Waals surface area contributed by atoms with Crippen molar-refractivity contribution in [2.45, 2.75) is 42.5 Å². The topological polar surface area (TPSA) is 95.8 Å². The van der Waals surface area contributed by atoms with Gasteiger partial charge in [0, 0.05) is 24.7 Å². The van der Waals surface area contributed by atoms with E-state index >= 15 is 8.78 Å². The molecular weight excluding hydrogens is 523 g/mol. The molecule has 2 saturated heterocycles. The Bertz CT molecular complexity index is 1520. The van der Waals surface area contributed by atoms with E-state index in [2.05, 4.69) is 9.88 Å². The van der Waals surface area contributed by atoms with E-state index in [1.165, 1.54) is 0 Å². The number of carbonyl (C=O) groups excluding carboxylic acids is 1. The number of rotatable bonds is 5. The van der Waals surface area contributed by atoms with Crippen LogP contribution in [0, 0.1) is 17.5 Å². The third-order valence-electron chi connectivity index (χ3n) is 7.05. The highest BCUT2D eigenvalue weighted by Gasteiger charge is 2.61. The first-order valence-corrected chi connectivity index (χ1v) is 13.0. The number of urea groups is 1. The Morgan fingerprint density at radius 1 is 1.08 bits per heavy atom. The van der Waals surface area contributed by atoms with Gasteiger partial charge in [-0.15, -0.1) is 0 Å². The van der Waals surface area contributed by atoms with E-state index < -0.39 is 68.9 Å². The summed E-state index contributed by atoms with van der Waals surface area (Å²) in [6.45, 7) is -0.853. The number of hydrogen-bond acceptors (Lipinski definition) is 5. The molecule has 37 heavy (non-hydrogen) atoms. The molecule has 14 heteroatoms. The van der Waals surface area contributed by atoms with Crippen LogP contribution in [0.2, 0.25) is 0 Å². The third-order valence-corrected chi connectivity index (χ3v) is 9.01. The van der Waals surface area contributed by atoms with Gasteiger partial charge in [0.05, 0.1) is 16.2 Å². The number of nitrogens with zero attached hydrogens (tertiary/aromatic N) is 3. The fourth-order valence-electron chi connectivity index (χ4n) is 5.09. The summed E-state index contributed by atoms with van der Waals surface area (Å²) < 4.78 is 106. The predicted octanol–water partition coefficient (Wildman–Crippen LogP) is 4.01. The lowest BCUT2D eigenvalue weighted by Gasteiger charge is -2.37. The summed E-state index contributed by atoms with van der Waals surface area (Å²) in [5, 5.41) is 3.02. The molecule has 0 radical (unpaired) electrons. The van der Waals surface area contributed by atoms with Crippen LogP contribution >= 0.6 is 0 Å². The molecular formula is C23H19F5N4O4S. The zero-order valence-electron chi connectivity index (χ0n) is 18.9. The van der Waals surface area contributed by atoms with Gasteiger partial charge in [0.2, 0.25) is 10.0 Å². The maximum atomic E-state index is 15.2. The fourth-order valence-corrected chi connectivity index (χ4v) is 6.67. The van der Waals surface area contributed by atoms with Crippen molar-refractivity contribution in [2.75, 3.05) is 18.0 Å². The second-order valence-corrected chi connectivity index (χ2v) is 11.4. The van der Waals surface area contributed by atoms with E-state index in [1.807, 2.05) is 0 Å². The van der Waals surface area contributed by atoms with Crippen molar-refractivity contribution < 1.29 is 39.7 Å². The minimum Gasteiger partial charge on any atom is -0.354 e. The van der Waals surface area contributed by atoms with Gasteiger partial charge in [0.25, 0.3) is 5.92 Å². The van der Waals surface area contributed by atoms with Crippen molar-refractivity contribution in [1.29, 1.82) is 0 Å². The molecule has 2 amide bonds. The maximum Gasteiger partial charge on any atom is 0.326 e. The highest BCUT2D eigenvalue weighted by molar-refractivity contribution is 7.90. The van der Waals surface area contributed by atoms with Gasteiger partial charge >= 0.3 is 6.03 Å². The lowest BCUT2D eigenvalue weighted by molar-refractivity contribution is -0.0448. The Kier molecular flexibility index (Phi) is 5.29. The molecule has 0 unspecified atom stereocenters. The summed E-state index contributed by atoms with van der Waals surface area (Å²) in [6.07, 6.45) is 0.524. The minimum atomic E-state index is -3.95. The second-order valence-electron chi connectivity index (χ2n) is 9.41. The first-order valence-electron chi connectivity index (χ1n) is 11.5. The van der Waals surface area contributed by atoms with Crippen molar-refractivity contribution in [3.8, 4) is 11.1 Å². The average Bonchev–Trinajstić information content (AvgIpc) is 3.56. The van der Waals surface area contributed by atoms with Gasteiger partial charge in [-0.05, 0) is 37.5 Å². The van der Waals surface area contributed by atoms with Crippen molar-refractivity contribution in [3.63, 3.8) is 0 Å². The summed E-state index contributed by atoms with van der Waals surface area (Å²) >= 11 is 0. The van der Waals surface area contributed by atoms with Crippen LogP contribution in [-0.2, 0) is 10.0 Å². The van der Waals surface area contributed by atoms with Crippen molar-refractivity contribution in [2.24, 2.45) is 0 Å². The number of benzene rings is 2. The van der Waals surface area contributed by atoms with Crippen LogP contribution < -0.4 is 9.62 Å². The molecule has 0 bridgehead atoms. The second kappa shape index (κ2) is 8.12. The number of alkyl halides is 2. The van der Waals surface area contributed by atoms with E-state index in [4.69, 9.17) is 4.52 Å². The van der Waals surface area contributed by atoms with Crippen molar-refractivity contribution >= 4 is 32.8 Å². The maximum absolute atomic E-state index is 15.2. The Balaban J connectivity index is 1.38. The average molecular weight is 542 g/mol. The highest BCUT2D eigenvalue weighted by atomic mass is 32.2. The van der Waals surface area contributed by atoms with Gasteiger partial charge < -0.3 is 9.42 Å². The summed E-state index contributed by atoms with van der Waals surface area (Å²) in [5.74, 6) is -6.60. The van der Waals surface area contributed by atoms with E-state index in [9.17, 15) is 26.4 Å². The largest absolute Gasteiger partial charge is 0.354 e. The lowest BCUT2D eigenvalue weighted by atomic mass is 9.99. The first kappa shape index (κ1) is 24.1. The summed E-state index contributed by atoms with van der Waals surface area (Å²) in [5.41, 5.74) is -1.04. The first-order chi connectivity index (χ1) is 17.5. The zero-order chi connectivity index (χ0) is 26.3. The Morgan fingerprint density at radius 3 is 2.46 bits per heavy atom. The van der Waals surface area contributed by atoms with Crippen LogP contribution in [0.4, 0.5) is 32.6 Å². The lowest BCUT2D eigenvalue weighted by Crippen LogP contribution is -2.56. The quantitative estimate of drug-likeness (QED) is 0.492. The monoisotopic (exact) mass is 542 g/mol. The molecule has 3 fully saturated rings. The predicted molar refractivity (Wildman–Crippen MR) is 121 cm³/mol. The van der Waals surface area contributed by atoms with Crippen LogP contribution in [0.3, 0.4) is 0 Å². The van der Waals surface area contributed by atoms with Crippen molar-refractivity contribution in [3.05, 3.63) is 47.8 Å². The molecule has 1 saturated carbocycles. The fraction of sp³-hybridized carbons (Fsp3) is 0.391. The van der Waals surface area contributed by atoms with Crippen molar-refractivity contribution in [1.82, 2.24) is 14.8 Å². The number of sulfonamides is 1. The summed E-state index contributed by atoms with van der Waals surface area (Å²) in [6, 6.07) is 0.605.